The van der Waals surface area contributed by atoms with Gasteiger partial charge in [-0.3, -0.25) is 9.59 Å². The first-order valence-corrected chi connectivity index (χ1v) is 3.39. The maximum Gasteiger partial charge on any atom is 0.309 e. The molecule has 0 aliphatic carbocycles. The second kappa shape index (κ2) is 4.85. The number of aldehydes is 1. The summed E-state index contributed by atoms with van der Waals surface area (Å²) in [4.78, 5) is 20.7. The molecule has 1 N–H and O–H groups in total. The van der Waals surface area contributed by atoms with Gasteiger partial charge < -0.3 is 9.84 Å². The summed E-state index contributed by atoms with van der Waals surface area (Å²) in [5.41, 5.74) is 0. The molecule has 2 atom stereocenters. The first-order chi connectivity index (χ1) is 5.06. The molecule has 0 saturated heterocycles. The number of hydrogen-bond donors (Lipinski definition) is 1. The lowest BCUT2D eigenvalue weighted by molar-refractivity contribution is -0.152. The molecule has 0 aromatic rings. The Morgan fingerprint density at radius 2 is 2.18 bits per heavy atom. The fourth-order valence-electron chi connectivity index (χ4n) is 0.524. The number of esters is 1. The van der Waals surface area contributed by atoms with Crippen LogP contribution in [-0.2, 0) is 14.3 Å². The lowest BCUT2D eigenvalue weighted by atomic mass is 10.3. The van der Waals surface area contributed by atoms with Gasteiger partial charge >= 0.3 is 5.97 Å². The molecule has 0 spiro atoms. The third kappa shape index (κ3) is 5.54. The highest BCUT2D eigenvalue weighted by molar-refractivity contribution is 5.72. The minimum Gasteiger partial charge on any atom is -0.455 e. The summed E-state index contributed by atoms with van der Waals surface area (Å²) in [6, 6.07) is 0. The van der Waals surface area contributed by atoms with E-state index in [-0.39, 0.29) is 6.42 Å². The Hall–Kier alpha value is -0.900. The van der Waals surface area contributed by atoms with Crippen molar-refractivity contribution in [3.05, 3.63) is 0 Å². The Morgan fingerprint density at radius 1 is 1.64 bits per heavy atom. The summed E-state index contributed by atoms with van der Waals surface area (Å²) in [6.07, 6.45) is -0.986. The highest BCUT2D eigenvalue weighted by atomic mass is 16.5. The fourth-order valence-corrected chi connectivity index (χ4v) is 0.524. The number of aliphatic hydroxyl groups excluding tert-OH is 1. The van der Waals surface area contributed by atoms with Crippen LogP contribution in [-0.4, -0.2) is 29.6 Å². The topological polar surface area (TPSA) is 63.6 Å². The molecular weight excluding hydrogens is 148 g/mol. The Bertz CT molecular complexity index is 141. The van der Waals surface area contributed by atoms with E-state index in [1.54, 1.807) is 0 Å². The molecule has 0 fully saturated rings. The lowest BCUT2D eigenvalue weighted by Gasteiger charge is -2.07. The van der Waals surface area contributed by atoms with Crippen LogP contribution in [0.15, 0.2) is 0 Å². The summed E-state index contributed by atoms with van der Waals surface area (Å²) < 4.78 is 4.54. The Labute approximate surface area is 65.2 Å². The zero-order valence-electron chi connectivity index (χ0n) is 6.61. The van der Waals surface area contributed by atoms with Crippen molar-refractivity contribution in [2.24, 2.45) is 0 Å². The van der Waals surface area contributed by atoms with Gasteiger partial charge in [0.1, 0.15) is 0 Å². The smallest absolute Gasteiger partial charge is 0.309 e. The highest BCUT2D eigenvalue weighted by Gasteiger charge is 2.10. The Morgan fingerprint density at radius 3 is 2.55 bits per heavy atom. The molecule has 0 heterocycles. The van der Waals surface area contributed by atoms with Gasteiger partial charge in [0.25, 0.3) is 0 Å². The van der Waals surface area contributed by atoms with Crippen LogP contribution in [0, 0.1) is 0 Å². The van der Waals surface area contributed by atoms with Crippen LogP contribution in [0.2, 0.25) is 0 Å². The van der Waals surface area contributed by atoms with Crippen molar-refractivity contribution < 1.29 is 19.4 Å². The lowest BCUT2D eigenvalue weighted by Crippen LogP contribution is -2.19. The standard InChI is InChI=1S/C7H12O4/c1-5(9)3-7(10)11-6(2)4-8/h4-6,9H,3H2,1-2H3/t5-,6+/m1/s1. The zero-order chi connectivity index (χ0) is 8.85. The summed E-state index contributed by atoms with van der Waals surface area (Å²) >= 11 is 0. The van der Waals surface area contributed by atoms with Crippen molar-refractivity contribution in [2.45, 2.75) is 32.5 Å². The van der Waals surface area contributed by atoms with Crippen LogP contribution in [0.1, 0.15) is 20.3 Å². The third-order valence-electron chi connectivity index (χ3n) is 0.971. The minimum atomic E-state index is -0.721. The number of hydrogen-bond acceptors (Lipinski definition) is 4. The van der Waals surface area contributed by atoms with Crippen LogP contribution >= 0.6 is 0 Å². The monoisotopic (exact) mass is 160 g/mol. The maximum absolute atomic E-state index is 10.7. The van der Waals surface area contributed by atoms with Crippen molar-refractivity contribution >= 4 is 12.3 Å². The molecule has 0 rings (SSSR count). The Kier molecular flexibility index (Phi) is 4.45. The molecule has 0 amide bonds. The second-order valence-corrected chi connectivity index (χ2v) is 2.38. The molecule has 0 aliphatic rings. The SMILES string of the molecule is C[C@@H](O)CC(=O)O[C@@H](C)C=O. The highest BCUT2D eigenvalue weighted by Crippen LogP contribution is 1.95. The van der Waals surface area contributed by atoms with Gasteiger partial charge in [0.15, 0.2) is 12.4 Å². The van der Waals surface area contributed by atoms with Gasteiger partial charge in [0.05, 0.1) is 12.5 Å². The van der Waals surface area contributed by atoms with Crippen LogP contribution in [0.4, 0.5) is 0 Å². The van der Waals surface area contributed by atoms with E-state index in [1.807, 2.05) is 0 Å². The van der Waals surface area contributed by atoms with E-state index in [9.17, 15) is 9.59 Å². The predicted octanol–water partition coefficient (Wildman–Crippen LogP) is -0.112. The molecule has 4 nitrogen and oxygen atoms in total. The normalized spacial score (nSPS) is 15.2. The number of carbonyl (C=O) groups is 2. The number of aliphatic hydroxyl groups is 1. The largest absolute Gasteiger partial charge is 0.455 e. The van der Waals surface area contributed by atoms with Gasteiger partial charge in [-0.15, -0.1) is 0 Å². The summed E-state index contributed by atoms with van der Waals surface area (Å²) in [5, 5.41) is 8.72. The van der Waals surface area contributed by atoms with Gasteiger partial charge in [0, 0.05) is 0 Å². The van der Waals surface area contributed by atoms with Gasteiger partial charge in [0.2, 0.25) is 0 Å². The summed E-state index contributed by atoms with van der Waals surface area (Å²) in [7, 11) is 0. The third-order valence-corrected chi connectivity index (χ3v) is 0.971. The maximum atomic E-state index is 10.7. The van der Waals surface area contributed by atoms with Crippen molar-refractivity contribution in [2.75, 3.05) is 0 Å². The van der Waals surface area contributed by atoms with E-state index in [0.29, 0.717) is 6.29 Å². The Balaban J connectivity index is 3.60. The molecule has 0 aromatic heterocycles. The summed E-state index contributed by atoms with van der Waals surface area (Å²) in [5.74, 6) is -0.556. The van der Waals surface area contributed by atoms with Crippen molar-refractivity contribution in [3.8, 4) is 0 Å². The first kappa shape index (κ1) is 10.1. The van der Waals surface area contributed by atoms with Gasteiger partial charge in [-0.1, -0.05) is 0 Å². The number of rotatable bonds is 4. The minimum absolute atomic E-state index is 0.0713. The van der Waals surface area contributed by atoms with Crippen molar-refractivity contribution in [1.29, 1.82) is 0 Å². The number of carbonyl (C=O) groups excluding carboxylic acids is 2. The van der Waals surface area contributed by atoms with E-state index in [1.165, 1.54) is 13.8 Å². The molecule has 4 heteroatoms. The van der Waals surface area contributed by atoms with E-state index in [4.69, 9.17) is 5.11 Å². The predicted molar refractivity (Wildman–Crippen MR) is 37.9 cm³/mol. The molecule has 0 radical (unpaired) electrons. The van der Waals surface area contributed by atoms with Crippen LogP contribution in [0.3, 0.4) is 0 Å². The average molecular weight is 160 g/mol. The van der Waals surface area contributed by atoms with Crippen LogP contribution in [0.5, 0.6) is 0 Å². The van der Waals surface area contributed by atoms with Crippen molar-refractivity contribution in [3.63, 3.8) is 0 Å². The van der Waals surface area contributed by atoms with Crippen LogP contribution < -0.4 is 0 Å². The number of ether oxygens (including phenoxy) is 1. The quantitative estimate of drug-likeness (QED) is 0.460. The molecule has 11 heavy (non-hydrogen) atoms. The summed E-state index contributed by atoms with van der Waals surface area (Å²) in [6.45, 7) is 2.94. The zero-order valence-corrected chi connectivity index (χ0v) is 6.61. The van der Waals surface area contributed by atoms with Gasteiger partial charge in [-0.05, 0) is 13.8 Å². The van der Waals surface area contributed by atoms with Gasteiger partial charge in [-0.2, -0.15) is 0 Å². The average Bonchev–Trinajstić information content (AvgIpc) is 1.85. The van der Waals surface area contributed by atoms with E-state index in [0.717, 1.165) is 0 Å². The van der Waals surface area contributed by atoms with E-state index >= 15 is 0 Å². The molecule has 0 bridgehead atoms. The van der Waals surface area contributed by atoms with Crippen LogP contribution in [0.25, 0.3) is 0 Å². The molecule has 0 aliphatic heterocycles. The second-order valence-electron chi connectivity index (χ2n) is 2.38. The fraction of sp³-hybridized carbons (Fsp3) is 0.714. The molecule has 0 aromatic carbocycles. The first-order valence-electron chi connectivity index (χ1n) is 3.39. The van der Waals surface area contributed by atoms with E-state index in [2.05, 4.69) is 4.74 Å². The van der Waals surface area contributed by atoms with E-state index < -0.39 is 18.2 Å². The molecular formula is C7H12O4. The molecule has 0 unspecified atom stereocenters. The van der Waals surface area contributed by atoms with Crippen molar-refractivity contribution in [1.82, 2.24) is 0 Å². The molecule has 0 saturated carbocycles. The van der Waals surface area contributed by atoms with Gasteiger partial charge in [-0.25, -0.2) is 0 Å². The molecule has 64 valence electrons.